The zero-order chi connectivity index (χ0) is 15.3. The molecule has 0 radical (unpaired) electrons. The normalized spacial score (nSPS) is 14.8. The van der Waals surface area contributed by atoms with Crippen molar-refractivity contribution in [3.05, 3.63) is 60.2 Å². The number of halogens is 1. The zero-order valence-corrected chi connectivity index (χ0v) is 13.8. The molecule has 1 N–H and O–H groups in total. The smallest absolute Gasteiger partial charge is 0.0976 e. The van der Waals surface area contributed by atoms with Crippen molar-refractivity contribution in [1.29, 1.82) is 0 Å². The van der Waals surface area contributed by atoms with Gasteiger partial charge in [0.2, 0.25) is 0 Å². The summed E-state index contributed by atoms with van der Waals surface area (Å²) in [6, 6.07) is 7.34. The van der Waals surface area contributed by atoms with Crippen molar-refractivity contribution in [2.45, 2.75) is 31.6 Å². The third kappa shape index (κ3) is 4.30. The molecule has 1 rings (SSSR count). The number of benzene rings is 1. The molecule has 1 aromatic carbocycles. The molecule has 0 aliphatic carbocycles. The summed E-state index contributed by atoms with van der Waals surface area (Å²) in [5.74, 6) is -0.0544. The highest BCUT2D eigenvalue weighted by molar-refractivity contribution is 7.84. The molecule has 0 heterocycles. The number of hydrogen-bond acceptors (Lipinski definition) is 1. The lowest BCUT2D eigenvalue weighted by molar-refractivity contribution is 0.549. The summed E-state index contributed by atoms with van der Waals surface area (Å²) in [7, 11) is -1.20. The van der Waals surface area contributed by atoms with Crippen molar-refractivity contribution in [3.63, 3.8) is 0 Å². The summed E-state index contributed by atoms with van der Waals surface area (Å²) in [5.41, 5.74) is 0.900. The second kappa shape index (κ2) is 7.21. The fourth-order valence-corrected chi connectivity index (χ4v) is 2.86. The second-order valence-corrected chi connectivity index (χ2v) is 7.95. The van der Waals surface area contributed by atoms with Crippen LogP contribution >= 0.6 is 11.6 Å². The SMILES string of the molecule is C=CC(C=C)[C@H](NS(=O)C(C)(C)C)c1ccccc1Cl. The van der Waals surface area contributed by atoms with Crippen LogP contribution in [0.15, 0.2) is 49.6 Å². The summed E-state index contributed by atoms with van der Waals surface area (Å²) in [6.45, 7) is 13.4. The topological polar surface area (TPSA) is 29.1 Å². The van der Waals surface area contributed by atoms with Gasteiger partial charge in [-0.1, -0.05) is 42.0 Å². The second-order valence-electron chi connectivity index (χ2n) is 5.55. The van der Waals surface area contributed by atoms with Crippen molar-refractivity contribution < 1.29 is 4.21 Å². The van der Waals surface area contributed by atoms with Gasteiger partial charge in [-0.2, -0.15) is 0 Å². The average molecular weight is 312 g/mol. The number of nitrogens with one attached hydrogen (secondary N) is 1. The van der Waals surface area contributed by atoms with Crippen LogP contribution < -0.4 is 4.72 Å². The Hall–Kier alpha value is -0.900. The molecule has 0 bridgehead atoms. The molecule has 2 nitrogen and oxygen atoms in total. The lowest BCUT2D eigenvalue weighted by atomic mass is 9.94. The van der Waals surface area contributed by atoms with Crippen molar-refractivity contribution in [1.82, 2.24) is 4.72 Å². The fourth-order valence-electron chi connectivity index (χ4n) is 1.74. The molecule has 4 heteroatoms. The van der Waals surface area contributed by atoms with Gasteiger partial charge in [0.05, 0.1) is 21.8 Å². The molecule has 0 aliphatic heterocycles. The van der Waals surface area contributed by atoms with E-state index >= 15 is 0 Å². The molecule has 0 spiro atoms. The van der Waals surface area contributed by atoms with Gasteiger partial charge in [0.15, 0.2) is 0 Å². The first-order chi connectivity index (χ1) is 9.31. The van der Waals surface area contributed by atoms with Gasteiger partial charge in [0.1, 0.15) is 0 Å². The zero-order valence-electron chi connectivity index (χ0n) is 12.2. The minimum atomic E-state index is -1.20. The van der Waals surface area contributed by atoms with E-state index in [1.165, 1.54) is 0 Å². The Labute approximate surface area is 129 Å². The van der Waals surface area contributed by atoms with E-state index in [0.29, 0.717) is 5.02 Å². The number of rotatable bonds is 6. The van der Waals surface area contributed by atoms with E-state index < -0.39 is 11.0 Å². The Morgan fingerprint density at radius 2 is 1.80 bits per heavy atom. The van der Waals surface area contributed by atoms with Crippen LogP contribution in [0.25, 0.3) is 0 Å². The molecular formula is C16H22ClNOS. The fraction of sp³-hybridized carbons (Fsp3) is 0.375. The molecule has 0 saturated carbocycles. The van der Waals surface area contributed by atoms with E-state index in [2.05, 4.69) is 17.9 Å². The maximum absolute atomic E-state index is 12.4. The molecule has 2 atom stereocenters. The predicted octanol–water partition coefficient (Wildman–Crippen LogP) is 4.42. The third-order valence-corrected chi connectivity index (χ3v) is 4.88. The molecule has 0 aromatic heterocycles. The van der Waals surface area contributed by atoms with Crippen LogP contribution in [-0.4, -0.2) is 8.96 Å². The molecule has 0 aliphatic rings. The molecule has 1 aromatic rings. The van der Waals surface area contributed by atoms with Crippen LogP contribution in [0.2, 0.25) is 5.02 Å². The Kier molecular flexibility index (Phi) is 6.18. The first-order valence-electron chi connectivity index (χ1n) is 6.49. The van der Waals surface area contributed by atoms with Crippen molar-refractivity contribution in [2.24, 2.45) is 5.92 Å². The van der Waals surface area contributed by atoms with Crippen LogP contribution in [-0.2, 0) is 11.0 Å². The highest BCUT2D eigenvalue weighted by atomic mass is 35.5. The van der Waals surface area contributed by atoms with Gasteiger partial charge in [0, 0.05) is 10.9 Å². The van der Waals surface area contributed by atoms with E-state index in [4.69, 9.17) is 11.6 Å². The highest BCUT2D eigenvalue weighted by Gasteiger charge is 2.27. The Bertz CT molecular complexity index is 499. The maximum atomic E-state index is 12.4. The van der Waals surface area contributed by atoms with Gasteiger partial charge in [-0.25, -0.2) is 8.93 Å². The summed E-state index contributed by atoms with van der Waals surface area (Å²) in [4.78, 5) is 0. The average Bonchev–Trinajstić information content (AvgIpc) is 2.38. The Morgan fingerprint density at radius 1 is 1.25 bits per heavy atom. The van der Waals surface area contributed by atoms with Crippen LogP contribution in [0.5, 0.6) is 0 Å². The van der Waals surface area contributed by atoms with Gasteiger partial charge in [-0.05, 0) is 32.4 Å². The van der Waals surface area contributed by atoms with Gasteiger partial charge < -0.3 is 0 Å². The maximum Gasteiger partial charge on any atom is 0.0976 e. The lowest BCUT2D eigenvalue weighted by Gasteiger charge is -2.28. The Balaban J connectivity index is 3.16. The van der Waals surface area contributed by atoms with Gasteiger partial charge in [0.25, 0.3) is 0 Å². The van der Waals surface area contributed by atoms with E-state index in [1.807, 2.05) is 45.0 Å². The Morgan fingerprint density at radius 3 is 2.25 bits per heavy atom. The summed E-state index contributed by atoms with van der Waals surface area (Å²) in [6.07, 6.45) is 3.57. The minimum Gasteiger partial charge on any atom is -0.242 e. The molecule has 0 saturated heterocycles. The molecule has 1 unspecified atom stereocenters. The lowest BCUT2D eigenvalue weighted by Crippen LogP contribution is -2.38. The first-order valence-corrected chi connectivity index (χ1v) is 8.01. The molecular weight excluding hydrogens is 290 g/mol. The monoisotopic (exact) mass is 311 g/mol. The van der Waals surface area contributed by atoms with Crippen LogP contribution in [0.1, 0.15) is 32.4 Å². The van der Waals surface area contributed by atoms with E-state index in [-0.39, 0.29) is 16.7 Å². The van der Waals surface area contributed by atoms with Crippen LogP contribution in [0.4, 0.5) is 0 Å². The molecule has 0 amide bonds. The predicted molar refractivity (Wildman–Crippen MR) is 89.1 cm³/mol. The van der Waals surface area contributed by atoms with Crippen molar-refractivity contribution in [3.8, 4) is 0 Å². The standard InChI is InChI=1S/C16H22ClNOS/c1-6-12(7-2)15(18-20(19)16(3,4)5)13-10-8-9-11-14(13)17/h6-12,15,18H,1-2H2,3-5H3/t15-,20?/m0/s1. The van der Waals surface area contributed by atoms with Gasteiger partial charge >= 0.3 is 0 Å². The quantitative estimate of drug-likeness (QED) is 0.774. The first kappa shape index (κ1) is 17.2. The van der Waals surface area contributed by atoms with Gasteiger partial charge in [-0.3, -0.25) is 0 Å². The van der Waals surface area contributed by atoms with Gasteiger partial charge in [-0.15, -0.1) is 13.2 Å². The summed E-state index contributed by atoms with van der Waals surface area (Å²) in [5, 5.41) is 0.643. The minimum absolute atomic E-state index is 0.0544. The summed E-state index contributed by atoms with van der Waals surface area (Å²) >= 11 is 6.27. The molecule has 110 valence electrons. The van der Waals surface area contributed by atoms with Crippen molar-refractivity contribution in [2.75, 3.05) is 0 Å². The van der Waals surface area contributed by atoms with Crippen molar-refractivity contribution >= 4 is 22.6 Å². The van der Waals surface area contributed by atoms with E-state index in [0.717, 1.165) is 5.56 Å². The van der Waals surface area contributed by atoms with Crippen LogP contribution in [0.3, 0.4) is 0 Å². The van der Waals surface area contributed by atoms with Crippen LogP contribution in [0, 0.1) is 5.92 Å². The molecule has 20 heavy (non-hydrogen) atoms. The van der Waals surface area contributed by atoms with E-state index in [1.54, 1.807) is 12.2 Å². The molecule has 0 fully saturated rings. The largest absolute Gasteiger partial charge is 0.242 e. The third-order valence-electron chi connectivity index (χ3n) is 2.96. The highest BCUT2D eigenvalue weighted by Crippen LogP contribution is 2.31. The number of hydrogen-bond donors (Lipinski definition) is 1. The van der Waals surface area contributed by atoms with E-state index in [9.17, 15) is 4.21 Å². The summed E-state index contributed by atoms with van der Waals surface area (Å²) < 4.78 is 15.2.